The molecule has 31 heavy (non-hydrogen) atoms. The molecule has 2 fully saturated rings. The van der Waals surface area contributed by atoms with E-state index in [1.165, 1.54) is 0 Å². The van der Waals surface area contributed by atoms with Gasteiger partial charge >= 0.3 is 0 Å². The number of halogens is 1. The predicted octanol–water partition coefficient (Wildman–Crippen LogP) is 1.89. The van der Waals surface area contributed by atoms with Crippen molar-refractivity contribution in [1.29, 1.82) is 0 Å². The molecular weight excluding hydrogens is 418 g/mol. The number of hydrogen-bond acceptors (Lipinski definition) is 6. The molecule has 1 aromatic carbocycles. The lowest BCUT2D eigenvalue weighted by Gasteiger charge is -2.35. The van der Waals surface area contributed by atoms with Gasteiger partial charge in [-0.05, 0) is 25.0 Å². The van der Waals surface area contributed by atoms with Gasteiger partial charge in [0.25, 0.3) is 0 Å². The van der Waals surface area contributed by atoms with Gasteiger partial charge in [-0.1, -0.05) is 23.7 Å². The smallest absolute Gasteiger partial charge is 0.236 e. The van der Waals surface area contributed by atoms with Gasteiger partial charge in [0.2, 0.25) is 11.8 Å². The van der Waals surface area contributed by atoms with Crippen LogP contribution in [0.2, 0.25) is 5.02 Å². The Bertz CT molecular complexity index is 948. The first-order chi connectivity index (χ1) is 15.0. The Morgan fingerprint density at radius 2 is 1.94 bits per heavy atom. The summed E-state index contributed by atoms with van der Waals surface area (Å²) in [5, 5.41) is 0.631. The van der Waals surface area contributed by atoms with E-state index in [1.807, 2.05) is 29.2 Å². The molecule has 1 atom stereocenters. The van der Waals surface area contributed by atoms with Gasteiger partial charge in [0, 0.05) is 55.1 Å². The lowest BCUT2D eigenvalue weighted by Crippen LogP contribution is -2.48. The van der Waals surface area contributed by atoms with Crippen molar-refractivity contribution in [3.8, 4) is 11.3 Å². The topological polar surface area (TPSA) is 102 Å². The molecule has 0 bridgehead atoms. The number of benzene rings is 1. The van der Waals surface area contributed by atoms with Gasteiger partial charge in [-0.15, -0.1) is 0 Å². The number of nitrogens with two attached hydrogens (primary N) is 1. The van der Waals surface area contributed by atoms with Crippen LogP contribution >= 0.6 is 11.6 Å². The van der Waals surface area contributed by atoms with Crippen LogP contribution in [0.4, 0.5) is 0 Å². The van der Waals surface area contributed by atoms with Crippen molar-refractivity contribution < 1.29 is 14.3 Å². The van der Waals surface area contributed by atoms with Crippen molar-refractivity contribution in [3.05, 3.63) is 47.4 Å². The number of carbonyl (C=O) groups excluding carboxylic acids is 2. The minimum Gasteiger partial charge on any atom is -0.369 e. The fourth-order valence-electron chi connectivity index (χ4n) is 4.16. The Morgan fingerprint density at radius 3 is 2.68 bits per heavy atom. The average molecular weight is 444 g/mol. The van der Waals surface area contributed by atoms with Crippen LogP contribution in [0.25, 0.3) is 11.3 Å². The quantitative estimate of drug-likeness (QED) is 0.757. The third-order valence-corrected chi connectivity index (χ3v) is 6.12. The Kier molecular flexibility index (Phi) is 6.80. The monoisotopic (exact) mass is 443 g/mol. The zero-order valence-electron chi connectivity index (χ0n) is 17.2. The molecule has 0 radical (unpaired) electrons. The van der Waals surface area contributed by atoms with Crippen LogP contribution in [0, 0.1) is 5.92 Å². The molecule has 0 spiro atoms. The van der Waals surface area contributed by atoms with Crippen molar-refractivity contribution in [2.75, 3.05) is 39.3 Å². The first-order valence-corrected chi connectivity index (χ1v) is 10.9. The van der Waals surface area contributed by atoms with E-state index in [4.69, 9.17) is 22.1 Å². The van der Waals surface area contributed by atoms with E-state index < -0.39 is 0 Å². The van der Waals surface area contributed by atoms with Gasteiger partial charge in [0.1, 0.15) is 6.10 Å². The highest BCUT2D eigenvalue weighted by Gasteiger charge is 2.30. The van der Waals surface area contributed by atoms with Crippen molar-refractivity contribution in [3.63, 3.8) is 0 Å². The fraction of sp³-hybridized carbons (Fsp3) is 0.455. The summed E-state index contributed by atoms with van der Waals surface area (Å²) in [6.45, 7) is 3.19. The third-order valence-electron chi connectivity index (χ3n) is 5.89. The molecule has 164 valence electrons. The van der Waals surface area contributed by atoms with E-state index >= 15 is 0 Å². The number of piperidine rings is 1. The maximum atomic E-state index is 12.8. The first kappa shape index (κ1) is 21.7. The number of rotatable bonds is 5. The summed E-state index contributed by atoms with van der Waals surface area (Å²) in [6, 6.07) is 7.50. The Balaban J connectivity index is 1.42. The second kappa shape index (κ2) is 9.72. The Hall–Kier alpha value is -2.55. The van der Waals surface area contributed by atoms with Crippen LogP contribution in [0.5, 0.6) is 0 Å². The number of carbonyl (C=O) groups is 2. The summed E-state index contributed by atoms with van der Waals surface area (Å²) < 4.78 is 6.00. The second-order valence-corrected chi connectivity index (χ2v) is 8.39. The lowest BCUT2D eigenvalue weighted by molar-refractivity contribution is -0.137. The van der Waals surface area contributed by atoms with Crippen molar-refractivity contribution in [2.45, 2.75) is 18.9 Å². The SMILES string of the molecule is NC(=O)C1CCN(C(=O)CN2CCOC(c3nccnc3-c3cccc(Cl)c3)C2)CC1. The molecule has 0 aliphatic carbocycles. The first-order valence-electron chi connectivity index (χ1n) is 10.5. The number of nitrogens with zero attached hydrogens (tertiary/aromatic N) is 4. The largest absolute Gasteiger partial charge is 0.369 e. The molecule has 9 heteroatoms. The van der Waals surface area contributed by atoms with E-state index in [2.05, 4.69) is 14.9 Å². The molecule has 1 unspecified atom stereocenters. The summed E-state index contributed by atoms with van der Waals surface area (Å²) in [6.07, 6.45) is 4.29. The van der Waals surface area contributed by atoms with E-state index in [-0.39, 0.29) is 23.8 Å². The van der Waals surface area contributed by atoms with Crippen LogP contribution in [0.3, 0.4) is 0 Å². The Morgan fingerprint density at radius 1 is 1.16 bits per heavy atom. The molecule has 2 aliphatic rings. The number of ether oxygens (including phenoxy) is 1. The predicted molar refractivity (Wildman–Crippen MR) is 116 cm³/mol. The normalized spacial score (nSPS) is 20.5. The fourth-order valence-corrected chi connectivity index (χ4v) is 4.35. The van der Waals surface area contributed by atoms with E-state index in [1.54, 1.807) is 12.4 Å². The van der Waals surface area contributed by atoms with E-state index in [9.17, 15) is 9.59 Å². The van der Waals surface area contributed by atoms with Crippen molar-refractivity contribution in [1.82, 2.24) is 19.8 Å². The Labute approximate surface area is 186 Å². The summed E-state index contributed by atoms with van der Waals surface area (Å²) in [4.78, 5) is 37.1. The molecule has 0 saturated carbocycles. The number of amides is 2. The molecule has 2 saturated heterocycles. The number of aromatic nitrogens is 2. The molecule has 2 aromatic rings. The highest BCUT2D eigenvalue weighted by Crippen LogP contribution is 2.30. The standard InChI is InChI=1S/C22H26ClN5O3/c23-17-3-1-2-16(12-17)20-21(26-7-6-25-20)18-13-27(10-11-31-18)14-19(29)28-8-4-15(5-9-28)22(24)30/h1-3,6-7,12,15,18H,4-5,8-11,13-14H2,(H2,24,30). The van der Waals surface area contributed by atoms with Crippen molar-refractivity contribution in [2.24, 2.45) is 11.7 Å². The highest BCUT2D eigenvalue weighted by molar-refractivity contribution is 6.30. The van der Waals surface area contributed by atoms with Gasteiger partial charge < -0.3 is 15.4 Å². The molecule has 4 rings (SSSR count). The highest BCUT2D eigenvalue weighted by atomic mass is 35.5. The summed E-state index contributed by atoms with van der Waals surface area (Å²) in [7, 11) is 0. The van der Waals surface area contributed by atoms with Gasteiger partial charge in [-0.2, -0.15) is 0 Å². The van der Waals surface area contributed by atoms with Gasteiger partial charge in [-0.3, -0.25) is 24.5 Å². The maximum Gasteiger partial charge on any atom is 0.236 e. The van der Waals surface area contributed by atoms with Crippen LogP contribution < -0.4 is 5.73 Å². The van der Waals surface area contributed by atoms with Crippen LogP contribution in [-0.4, -0.2) is 70.9 Å². The third kappa shape index (κ3) is 5.20. The molecular formula is C22H26ClN5O3. The van der Waals surface area contributed by atoms with Gasteiger partial charge in [0.15, 0.2) is 0 Å². The lowest BCUT2D eigenvalue weighted by atomic mass is 9.96. The summed E-state index contributed by atoms with van der Waals surface area (Å²) in [5.74, 6) is -0.334. The zero-order chi connectivity index (χ0) is 21.8. The number of likely N-dealkylation sites (tertiary alicyclic amines) is 1. The molecule has 2 aliphatic heterocycles. The molecule has 1 aromatic heterocycles. The molecule has 8 nitrogen and oxygen atoms in total. The number of morpholine rings is 1. The summed E-state index contributed by atoms with van der Waals surface area (Å²) >= 11 is 6.16. The van der Waals surface area contributed by atoms with Crippen LogP contribution in [-0.2, 0) is 14.3 Å². The summed E-state index contributed by atoms with van der Waals surface area (Å²) in [5.41, 5.74) is 7.74. The van der Waals surface area contributed by atoms with E-state index in [0.29, 0.717) is 57.2 Å². The van der Waals surface area contributed by atoms with E-state index in [0.717, 1.165) is 17.0 Å². The maximum absolute atomic E-state index is 12.8. The van der Waals surface area contributed by atoms with Gasteiger partial charge in [-0.25, -0.2) is 0 Å². The molecule has 2 N–H and O–H groups in total. The molecule has 3 heterocycles. The number of primary amides is 1. The number of hydrogen-bond donors (Lipinski definition) is 1. The average Bonchev–Trinajstić information content (AvgIpc) is 2.79. The zero-order valence-corrected chi connectivity index (χ0v) is 18.0. The minimum absolute atomic E-state index is 0.0674. The van der Waals surface area contributed by atoms with Gasteiger partial charge in [0.05, 0.1) is 24.5 Å². The molecule has 2 amide bonds. The minimum atomic E-state index is -0.287. The van der Waals surface area contributed by atoms with Crippen LogP contribution in [0.15, 0.2) is 36.7 Å². The van der Waals surface area contributed by atoms with Crippen molar-refractivity contribution >= 4 is 23.4 Å². The van der Waals surface area contributed by atoms with Crippen LogP contribution in [0.1, 0.15) is 24.6 Å². The second-order valence-electron chi connectivity index (χ2n) is 7.95.